The molecule has 92 valence electrons. The van der Waals surface area contributed by atoms with E-state index in [1.807, 2.05) is 0 Å². The Morgan fingerprint density at radius 3 is 2.88 bits per heavy atom. The number of amides is 3. The Morgan fingerprint density at radius 1 is 1.50 bits per heavy atom. The topological polar surface area (TPSA) is 70.7 Å². The standard InChI is InChI=1S/C10H19N3O3/c1-3-16-10(15)13-5-4-8(7-13)6-12-9(14)11-2/h8H,3-7H2,1-2H3,(H2,11,12,14)/t8-/m1/s1. The maximum absolute atomic E-state index is 11.4. The first kappa shape index (κ1) is 12.6. The van der Waals surface area contributed by atoms with Crippen LogP contribution in [0.1, 0.15) is 13.3 Å². The lowest BCUT2D eigenvalue weighted by molar-refractivity contribution is 0.114. The van der Waals surface area contributed by atoms with Crippen molar-refractivity contribution in [2.24, 2.45) is 5.92 Å². The van der Waals surface area contributed by atoms with E-state index in [2.05, 4.69) is 10.6 Å². The summed E-state index contributed by atoms with van der Waals surface area (Å²) in [6.07, 6.45) is 0.646. The SMILES string of the molecule is CCOC(=O)N1CC[C@H](CNC(=O)NC)C1. The lowest BCUT2D eigenvalue weighted by atomic mass is 10.1. The van der Waals surface area contributed by atoms with Crippen molar-refractivity contribution < 1.29 is 14.3 Å². The van der Waals surface area contributed by atoms with E-state index in [-0.39, 0.29) is 12.1 Å². The molecule has 1 aliphatic heterocycles. The number of urea groups is 1. The molecule has 1 saturated heterocycles. The molecule has 3 amide bonds. The summed E-state index contributed by atoms with van der Waals surface area (Å²) in [5.74, 6) is 0.321. The summed E-state index contributed by atoms with van der Waals surface area (Å²) >= 11 is 0. The van der Waals surface area contributed by atoms with Crippen LogP contribution >= 0.6 is 0 Å². The Morgan fingerprint density at radius 2 is 2.25 bits per heavy atom. The fraction of sp³-hybridized carbons (Fsp3) is 0.800. The number of hydrogen-bond donors (Lipinski definition) is 2. The molecule has 1 heterocycles. The van der Waals surface area contributed by atoms with E-state index < -0.39 is 0 Å². The number of carbonyl (C=O) groups excluding carboxylic acids is 2. The van der Waals surface area contributed by atoms with E-state index in [1.54, 1.807) is 18.9 Å². The van der Waals surface area contributed by atoms with Crippen LogP contribution < -0.4 is 10.6 Å². The maximum Gasteiger partial charge on any atom is 0.409 e. The molecule has 6 nitrogen and oxygen atoms in total. The molecular formula is C10H19N3O3. The van der Waals surface area contributed by atoms with Crippen LogP contribution in [0.15, 0.2) is 0 Å². The second-order valence-corrected chi connectivity index (χ2v) is 3.76. The molecule has 1 rings (SSSR count). The van der Waals surface area contributed by atoms with Gasteiger partial charge in [-0.2, -0.15) is 0 Å². The van der Waals surface area contributed by atoms with E-state index >= 15 is 0 Å². The zero-order valence-electron chi connectivity index (χ0n) is 9.78. The lowest BCUT2D eigenvalue weighted by Gasteiger charge is -2.15. The quantitative estimate of drug-likeness (QED) is 0.735. The average molecular weight is 229 g/mol. The minimum Gasteiger partial charge on any atom is -0.450 e. The van der Waals surface area contributed by atoms with Gasteiger partial charge in [-0.05, 0) is 19.3 Å². The Hall–Kier alpha value is -1.46. The predicted molar refractivity (Wildman–Crippen MR) is 59.2 cm³/mol. The molecule has 16 heavy (non-hydrogen) atoms. The maximum atomic E-state index is 11.4. The molecule has 0 bridgehead atoms. The molecule has 0 saturated carbocycles. The third kappa shape index (κ3) is 3.60. The van der Waals surface area contributed by atoms with Crippen molar-refractivity contribution in [1.29, 1.82) is 0 Å². The Bertz CT molecular complexity index is 258. The summed E-state index contributed by atoms with van der Waals surface area (Å²) in [4.78, 5) is 24.0. The highest BCUT2D eigenvalue weighted by Gasteiger charge is 2.26. The van der Waals surface area contributed by atoms with Crippen molar-refractivity contribution in [3.05, 3.63) is 0 Å². The summed E-state index contributed by atoms with van der Waals surface area (Å²) < 4.78 is 4.91. The monoisotopic (exact) mass is 229 g/mol. The first-order valence-corrected chi connectivity index (χ1v) is 5.54. The molecule has 0 aromatic rings. The number of ether oxygens (including phenoxy) is 1. The van der Waals surface area contributed by atoms with E-state index in [0.717, 1.165) is 6.42 Å². The van der Waals surface area contributed by atoms with Gasteiger partial charge in [0.15, 0.2) is 0 Å². The van der Waals surface area contributed by atoms with Gasteiger partial charge in [0.2, 0.25) is 0 Å². The number of rotatable bonds is 3. The van der Waals surface area contributed by atoms with Gasteiger partial charge in [-0.1, -0.05) is 0 Å². The molecule has 0 aliphatic carbocycles. The van der Waals surface area contributed by atoms with Crippen LogP contribution in [0.25, 0.3) is 0 Å². The van der Waals surface area contributed by atoms with Gasteiger partial charge in [-0.25, -0.2) is 9.59 Å². The molecule has 0 aromatic heterocycles. The zero-order valence-corrected chi connectivity index (χ0v) is 9.78. The second kappa shape index (κ2) is 6.19. The molecule has 1 atom stereocenters. The highest BCUT2D eigenvalue weighted by atomic mass is 16.6. The normalized spacial score (nSPS) is 19.4. The highest BCUT2D eigenvalue weighted by Crippen LogP contribution is 2.16. The summed E-state index contributed by atoms with van der Waals surface area (Å²) in [7, 11) is 1.58. The van der Waals surface area contributed by atoms with Crippen LogP contribution in [0.5, 0.6) is 0 Å². The van der Waals surface area contributed by atoms with Crippen LogP contribution in [-0.4, -0.2) is 50.3 Å². The van der Waals surface area contributed by atoms with E-state index in [4.69, 9.17) is 4.74 Å². The molecular weight excluding hydrogens is 210 g/mol. The molecule has 1 aliphatic rings. The van der Waals surface area contributed by atoms with Crippen molar-refractivity contribution in [3.63, 3.8) is 0 Å². The van der Waals surface area contributed by atoms with Gasteiger partial charge in [-0.15, -0.1) is 0 Å². The summed E-state index contributed by atoms with van der Waals surface area (Å²) in [6, 6.07) is -0.186. The molecule has 2 N–H and O–H groups in total. The zero-order chi connectivity index (χ0) is 12.0. The second-order valence-electron chi connectivity index (χ2n) is 3.76. The number of carbonyl (C=O) groups is 2. The number of nitrogens with one attached hydrogen (secondary N) is 2. The fourth-order valence-corrected chi connectivity index (χ4v) is 1.71. The van der Waals surface area contributed by atoms with Crippen molar-refractivity contribution >= 4 is 12.1 Å². The lowest BCUT2D eigenvalue weighted by Crippen LogP contribution is -2.37. The van der Waals surface area contributed by atoms with Gasteiger partial charge in [0.1, 0.15) is 0 Å². The minimum atomic E-state index is -0.259. The largest absolute Gasteiger partial charge is 0.450 e. The first-order chi connectivity index (χ1) is 7.67. The van der Waals surface area contributed by atoms with Crippen LogP contribution in [0.3, 0.4) is 0 Å². The van der Waals surface area contributed by atoms with Gasteiger partial charge in [-0.3, -0.25) is 0 Å². The van der Waals surface area contributed by atoms with Crippen molar-refractivity contribution in [2.45, 2.75) is 13.3 Å². The average Bonchev–Trinajstić information content (AvgIpc) is 2.75. The third-order valence-corrected chi connectivity index (χ3v) is 2.59. The highest BCUT2D eigenvalue weighted by molar-refractivity contribution is 5.73. The predicted octanol–water partition coefficient (Wildman–Crippen LogP) is 0.394. The van der Waals surface area contributed by atoms with Gasteiger partial charge < -0.3 is 20.3 Å². The molecule has 6 heteroatoms. The Kier molecular flexibility index (Phi) is 4.88. The summed E-state index contributed by atoms with van der Waals surface area (Å²) in [5, 5.41) is 5.22. The molecule has 1 fully saturated rings. The van der Waals surface area contributed by atoms with Gasteiger partial charge in [0.25, 0.3) is 0 Å². The first-order valence-electron chi connectivity index (χ1n) is 5.54. The smallest absolute Gasteiger partial charge is 0.409 e. The van der Waals surface area contributed by atoms with Crippen molar-refractivity contribution in [1.82, 2.24) is 15.5 Å². The molecule has 0 unspecified atom stereocenters. The number of hydrogen-bond acceptors (Lipinski definition) is 3. The fourth-order valence-electron chi connectivity index (χ4n) is 1.71. The Balaban J connectivity index is 2.24. The molecule has 0 aromatic carbocycles. The summed E-state index contributed by atoms with van der Waals surface area (Å²) in [5.41, 5.74) is 0. The Labute approximate surface area is 95.3 Å². The van der Waals surface area contributed by atoms with Gasteiger partial charge in [0, 0.05) is 26.7 Å². The van der Waals surface area contributed by atoms with Crippen LogP contribution in [0, 0.1) is 5.92 Å². The minimum absolute atomic E-state index is 0.186. The van der Waals surface area contributed by atoms with Crippen LogP contribution in [-0.2, 0) is 4.74 Å². The summed E-state index contributed by atoms with van der Waals surface area (Å²) in [6.45, 7) is 4.15. The number of nitrogens with zero attached hydrogens (tertiary/aromatic N) is 1. The third-order valence-electron chi connectivity index (χ3n) is 2.59. The van der Waals surface area contributed by atoms with E-state index in [1.165, 1.54) is 0 Å². The van der Waals surface area contributed by atoms with E-state index in [9.17, 15) is 9.59 Å². The van der Waals surface area contributed by atoms with Crippen molar-refractivity contribution in [2.75, 3.05) is 33.3 Å². The van der Waals surface area contributed by atoms with Gasteiger partial charge in [0.05, 0.1) is 6.61 Å². The molecule has 0 radical (unpaired) electrons. The molecule has 0 spiro atoms. The van der Waals surface area contributed by atoms with Crippen molar-refractivity contribution in [3.8, 4) is 0 Å². The van der Waals surface area contributed by atoms with Crippen LogP contribution in [0.4, 0.5) is 9.59 Å². The number of likely N-dealkylation sites (tertiary alicyclic amines) is 1. The van der Waals surface area contributed by atoms with Crippen LogP contribution in [0.2, 0.25) is 0 Å². The van der Waals surface area contributed by atoms with E-state index in [0.29, 0.717) is 32.2 Å². The van der Waals surface area contributed by atoms with Gasteiger partial charge >= 0.3 is 12.1 Å².